The summed E-state index contributed by atoms with van der Waals surface area (Å²) in [5, 5.41) is 20.2. The zero-order valence-electron chi connectivity index (χ0n) is 7.56. The van der Waals surface area contributed by atoms with E-state index in [0.717, 1.165) is 0 Å². The lowest BCUT2D eigenvalue weighted by Gasteiger charge is -2.36. The van der Waals surface area contributed by atoms with Gasteiger partial charge in [0.15, 0.2) is 0 Å². The van der Waals surface area contributed by atoms with Crippen LogP contribution in [0.3, 0.4) is 0 Å². The van der Waals surface area contributed by atoms with E-state index in [1.165, 1.54) is 4.90 Å². The summed E-state index contributed by atoms with van der Waals surface area (Å²) < 4.78 is 0. The largest absolute Gasteiger partial charge is 0.480 e. The number of rotatable bonds is 2. The third-order valence-corrected chi connectivity index (χ3v) is 2.66. The SMILES string of the molecule is O=C(NC1(C(=O)O)CC1)N1CC(O)C1. The van der Waals surface area contributed by atoms with Gasteiger partial charge in [0.25, 0.3) is 0 Å². The van der Waals surface area contributed by atoms with Crippen molar-refractivity contribution in [2.45, 2.75) is 24.5 Å². The highest BCUT2D eigenvalue weighted by Gasteiger charge is 2.52. The number of nitrogens with zero attached hydrogens (tertiary/aromatic N) is 1. The molecule has 3 N–H and O–H groups in total. The minimum Gasteiger partial charge on any atom is -0.480 e. The number of aliphatic hydroxyl groups excluding tert-OH is 1. The van der Waals surface area contributed by atoms with Gasteiger partial charge in [-0.3, -0.25) is 0 Å². The molecule has 0 unspecified atom stereocenters. The average Bonchev–Trinajstić information content (AvgIpc) is 2.79. The highest BCUT2D eigenvalue weighted by Crippen LogP contribution is 2.35. The molecule has 14 heavy (non-hydrogen) atoms. The highest BCUT2D eigenvalue weighted by molar-refractivity contribution is 5.89. The lowest BCUT2D eigenvalue weighted by molar-refractivity contribution is -0.140. The van der Waals surface area contributed by atoms with Crippen LogP contribution in [0.15, 0.2) is 0 Å². The number of aliphatic carboxylic acids is 1. The number of amides is 2. The Bertz CT molecular complexity index is 281. The van der Waals surface area contributed by atoms with Gasteiger partial charge in [-0.05, 0) is 12.8 Å². The Hall–Kier alpha value is -1.30. The van der Waals surface area contributed by atoms with Crippen LogP contribution in [0.2, 0.25) is 0 Å². The number of urea groups is 1. The van der Waals surface area contributed by atoms with Crippen LogP contribution in [0.5, 0.6) is 0 Å². The minimum atomic E-state index is -1.03. The van der Waals surface area contributed by atoms with Crippen molar-refractivity contribution in [2.75, 3.05) is 13.1 Å². The minimum absolute atomic E-state index is 0.293. The summed E-state index contributed by atoms with van der Waals surface area (Å²) in [5.74, 6) is -0.980. The lowest BCUT2D eigenvalue weighted by atomic mass is 10.2. The summed E-state index contributed by atoms with van der Waals surface area (Å²) in [6.45, 7) is 0.586. The second-order valence-electron chi connectivity index (χ2n) is 3.88. The number of carbonyl (C=O) groups excluding carboxylic acids is 1. The van der Waals surface area contributed by atoms with Gasteiger partial charge in [0.2, 0.25) is 0 Å². The molecule has 1 heterocycles. The number of likely N-dealkylation sites (tertiary alicyclic amines) is 1. The number of hydrogen-bond acceptors (Lipinski definition) is 3. The first-order valence-corrected chi connectivity index (χ1v) is 4.52. The maximum atomic E-state index is 11.4. The Kier molecular flexibility index (Phi) is 1.88. The summed E-state index contributed by atoms with van der Waals surface area (Å²) in [6, 6.07) is -0.393. The standard InChI is InChI=1S/C8H12N2O4/c11-5-3-10(4-5)7(14)9-8(1-2-8)6(12)13/h5,11H,1-4H2,(H,9,14)(H,12,13). The monoisotopic (exact) mass is 200 g/mol. The van der Waals surface area contributed by atoms with E-state index >= 15 is 0 Å². The summed E-state index contributed by atoms with van der Waals surface area (Å²) in [6.07, 6.45) is 0.523. The molecule has 1 saturated heterocycles. The van der Waals surface area contributed by atoms with Crippen LogP contribution in [0.4, 0.5) is 4.79 Å². The van der Waals surface area contributed by atoms with E-state index in [4.69, 9.17) is 10.2 Å². The van der Waals surface area contributed by atoms with Crippen molar-refractivity contribution < 1.29 is 19.8 Å². The molecule has 6 nitrogen and oxygen atoms in total. The molecule has 0 radical (unpaired) electrons. The van der Waals surface area contributed by atoms with Gasteiger partial charge in [-0.15, -0.1) is 0 Å². The highest BCUT2D eigenvalue weighted by atomic mass is 16.4. The molecule has 0 spiro atoms. The number of aliphatic hydroxyl groups is 1. The molecule has 0 atom stereocenters. The number of carboxylic acid groups (broad SMARTS) is 1. The van der Waals surface area contributed by atoms with Gasteiger partial charge in [-0.2, -0.15) is 0 Å². The molecule has 1 aliphatic heterocycles. The van der Waals surface area contributed by atoms with Crippen LogP contribution >= 0.6 is 0 Å². The van der Waals surface area contributed by atoms with Crippen molar-refractivity contribution in [2.24, 2.45) is 0 Å². The van der Waals surface area contributed by atoms with Crippen molar-refractivity contribution in [3.05, 3.63) is 0 Å². The van der Waals surface area contributed by atoms with E-state index in [0.29, 0.717) is 25.9 Å². The fraction of sp³-hybridized carbons (Fsp3) is 0.750. The average molecular weight is 200 g/mol. The summed E-state index contributed by atoms with van der Waals surface area (Å²) in [5.41, 5.74) is -1.03. The van der Waals surface area contributed by atoms with Gasteiger partial charge in [0.05, 0.1) is 19.2 Å². The molecular weight excluding hydrogens is 188 g/mol. The Labute approximate surface area is 80.5 Å². The van der Waals surface area contributed by atoms with E-state index in [9.17, 15) is 9.59 Å². The summed E-state index contributed by atoms with van der Waals surface area (Å²) >= 11 is 0. The first kappa shape index (κ1) is 9.26. The van der Waals surface area contributed by atoms with E-state index in [1.807, 2.05) is 0 Å². The molecule has 0 aromatic rings. The molecule has 2 fully saturated rings. The molecular formula is C8H12N2O4. The number of hydrogen-bond donors (Lipinski definition) is 3. The molecule has 6 heteroatoms. The molecule has 2 amide bonds. The van der Waals surface area contributed by atoms with Gasteiger partial charge in [0, 0.05) is 0 Å². The normalized spacial score (nSPS) is 23.9. The molecule has 2 aliphatic rings. The van der Waals surface area contributed by atoms with Crippen molar-refractivity contribution in [3.63, 3.8) is 0 Å². The van der Waals surface area contributed by atoms with Gasteiger partial charge in [-0.1, -0.05) is 0 Å². The van der Waals surface area contributed by atoms with Crippen LogP contribution in [-0.2, 0) is 4.79 Å². The van der Waals surface area contributed by atoms with Gasteiger partial charge >= 0.3 is 12.0 Å². The molecule has 0 bridgehead atoms. The molecule has 1 saturated carbocycles. The summed E-state index contributed by atoms with van der Waals surface area (Å²) in [7, 11) is 0. The maximum Gasteiger partial charge on any atom is 0.329 e. The smallest absolute Gasteiger partial charge is 0.329 e. The number of carboxylic acids is 1. The number of carbonyl (C=O) groups is 2. The zero-order valence-corrected chi connectivity index (χ0v) is 7.56. The molecule has 0 aromatic heterocycles. The fourth-order valence-electron chi connectivity index (χ4n) is 1.42. The zero-order chi connectivity index (χ0) is 10.3. The van der Waals surface area contributed by atoms with Gasteiger partial charge < -0.3 is 20.4 Å². The summed E-state index contributed by atoms with van der Waals surface area (Å²) in [4.78, 5) is 23.5. The van der Waals surface area contributed by atoms with Gasteiger partial charge in [-0.25, -0.2) is 9.59 Å². The Morgan fingerprint density at radius 1 is 1.36 bits per heavy atom. The van der Waals surface area contributed by atoms with Crippen molar-refractivity contribution >= 4 is 12.0 Å². The predicted molar refractivity (Wildman–Crippen MR) is 45.7 cm³/mol. The quantitative estimate of drug-likeness (QED) is 0.532. The lowest BCUT2D eigenvalue weighted by Crippen LogP contribution is -2.59. The fourth-order valence-corrected chi connectivity index (χ4v) is 1.42. The van der Waals surface area contributed by atoms with E-state index in [2.05, 4.69) is 5.32 Å². The molecule has 1 aliphatic carbocycles. The van der Waals surface area contributed by atoms with Crippen LogP contribution in [-0.4, -0.2) is 51.8 Å². The first-order chi connectivity index (χ1) is 6.53. The van der Waals surface area contributed by atoms with Crippen LogP contribution in [0.1, 0.15) is 12.8 Å². The van der Waals surface area contributed by atoms with E-state index in [1.54, 1.807) is 0 Å². The molecule has 78 valence electrons. The van der Waals surface area contributed by atoms with E-state index in [-0.39, 0.29) is 0 Å². The molecule has 0 aromatic carbocycles. The van der Waals surface area contributed by atoms with Crippen molar-refractivity contribution in [3.8, 4) is 0 Å². The number of β-amino-alcohol motifs (C(OH)–C–C–N with tert-alkyl or cyclic N) is 1. The van der Waals surface area contributed by atoms with Crippen LogP contribution in [0, 0.1) is 0 Å². The van der Waals surface area contributed by atoms with Gasteiger partial charge in [0.1, 0.15) is 5.54 Å². The first-order valence-electron chi connectivity index (χ1n) is 4.52. The third kappa shape index (κ3) is 1.41. The maximum absolute atomic E-state index is 11.4. The second kappa shape index (κ2) is 2.84. The molecule has 2 rings (SSSR count). The Morgan fingerprint density at radius 2 is 1.93 bits per heavy atom. The van der Waals surface area contributed by atoms with E-state index < -0.39 is 23.6 Å². The Morgan fingerprint density at radius 3 is 2.29 bits per heavy atom. The predicted octanol–water partition coefficient (Wildman–Crippen LogP) is -1.01. The Balaban J connectivity index is 1.86. The van der Waals surface area contributed by atoms with Crippen LogP contribution < -0.4 is 5.32 Å². The second-order valence-corrected chi connectivity index (χ2v) is 3.88. The van der Waals surface area contributed by atoms with Crippen LogP contribution in [0.25, 0.3) is 0 Å². The topological polar surface area (TPSA) is 89.9 Å². The van der Waals surface area contributed by atoms with Crippen molar-refractivity contribution in [1.29, 1.82) is 0 Å². The third-order valence-electron chi connectivity index (χ3n) is 2.66. The van der Waals surface area contributed by atoms with Crippen molar-refractivity contribution in [1.82, 2.24) is 10.2 Å². The number of nitrogens with one attached hydrogen (secondary N) is 1.